The fourth-order valence-corrected chi connectivity index (χ4v) is 5.20. The summed E-state index contributed by atoms with van der Waals surface area (Å²) in [6, 6.07) is 17.9. The number of carbonyl (C=O) groups is 1. The SMILES string of the molecule is O=C(O)C(O)c1cccc2c3c(ccc12)CCC(NS(=O)(=O)C=Cc1ccccc1)C3. The summed E-state index contributed by atoms with van der Waals surface area (Å²) in [7, 11) is -3.62. The molecule has 0 aliphatic heterocycles. The Morgan fingerprint density at radius 1 is 1.03 bits per heavy atom. The number of fused-ring (bicyclic) bond motifs is 3. The number of aryl methyl sites for hydroxylation is 1. The summed E-state index contributed by atoms with van der Waals surface area (Å²) in [6.45, 7) is 0. The van der Waals surface area contributed by atoms with E-state index in [0.29, 0.717) is 30.2 Å². The molecule has 2 atom stereocenters. The summed E-state index contributed by atoms with van der Waals surface area (Å²) in [6.07, 6.45) is 1.84. The van der Waals surface area contributed by atoms with Crippen LogP contribution in [0.25, 0.3) is 16.8 Å². The minimum atomic E-state index is -3.62. The standard InChI is InChI=1S/C24H23NO5S/c26-23(24(27)28)21-8-4-7-19-20(21)12-10-17-9-11-18(15-22(17)19)25-31(29,30)14-13-16-5-2-1-3-6-16/h1-8,10,12-14,18,23,25-26H,9,11,15H2,(H,27,28). The molecule has 0 saturated heterocycles. The molecule has 6 nitrogen and oxygen atoms in total. The Kier molecular flexibility index (Phi) is 5.91. The maximum Gasteiger partial charge on any atom is 0.337 e. The highest BCUT2D eigenvalue weighted by Gasteiger charge is 2.25. The summed E-state index contributed by atoms with van der Waals surface area (Å²) in [4.78, 5) is 11.3. The second-order valence-corrected chi connectivity index (χ2v) is 9.30. The number of hydrogen-bond donors (Lipinski definition) is 3. The minimum absolute atomic E-state index is 0.267. The first-order valence-corrected chi connectivity index (χ1v) is 11.6. The van der Waals surface area contributed by atoms with Gasteiger partial charge in [-0.15, -0.1) is 0 Å². The Hall–Kier alpha value is -3.00. The molecule has 1 aliphatic rings. The van der Waals surface area contributed by atoms with Crippen molar-refractivity contribution in [1.82, 2.24) is 4.72 Å². The normalized spacial score (nSPS) is 17.5. The summed E-state index contributed by atoms with van der Waals surface area (Å²) in [5.41, 5.74) is 3.24. The number of sulfonamides is 1. The van der Waals surface area contributed by atoms with Crippen molar-refractivity contribution in [3.05, 3.63) is 88.3 Å². The van der Waals surface area contributed by atoms with Crippen LogP contribution < -0.4 is 4.72 Å². The number of rotatable bonds is 6. The first-order valence-electron chi connectivity index (χ1n) is 10.0. The van der Waals surface area contributed by atoms with Gasteiger partial charge >= 0.3 is 5.97 Å². The smallest absolute Gasteiger partial charge is 0.337 e. The zero-order valence-corrected chi connectivity index (χ0v) is 17.5. The molecule has 4 rings (SSSR count). The molecule has 2 unspecified atom stereocenters. The van der Waals surface area contributed by atoms with Crippen molar-refractivity contribution in [2.24, 2.45) is 0 Å². The molecule has 0 bridgehead atoms. The van der Waals surface area contributed by atoms with Crippen LogP contribution in [0.1, 0.15) is 34.8 Å². The third kappa shape index (κ3) is 4.69. The lowest BCUT2D eigenvalue weighted by atomic mass is 9.84. The van der Waals surface area contributed by atoms with Gasteiger partial charge in [0.05, 0.1) is 0 Å². The van der Waals surface area contributed by atoms with Crippen molar-refractivity contribution in [2.75, 3.05) is 0 Å². The first-order chi connectivity index (χ1) is 14.8. The highest BCUT2D eigenvalue weighted by molar-refractivity contribution is 7.92. The Morgan fingerprint density at radius 3 is 2.55 bits per heavy atom. The van der Waals surface area contributed by atoms with Crippen LogP contribution in [0.15, 0.2) is 66.1 Å². The Morgan fingerprint density at radius 2 is 1.81 bits per heavy atom. The van der Waals surface area contributed by atoms with Crippen LogP contribution in [0.5, 0.6) is 0 Å². The second-order valence-electron chi connectivity index (χ2n) is 7.70. The third-order valence-electron chi connectivity index (χ3n) is 5.62. The van der Waals surface area contributed by atoms with Crippen LogP contribution in [0, 0.1) is 0 Å². The molecular weight excluding hydrogens is 414 g/mol. The predicted octanol–water partition coefficient (Wildman–Crippen LogP) is 3.41. The summed E-state index contributed by atoms with van der Waals surface area (Å²) < 4.78 is 27.9. The molecule has 31 heavy (non-hydrogen) atoms. The molecule has 0 saturated carbocycles. The van der Waals surface area contributed by atoms with Crippen molar-refractivity contribution in [2.45, 2.75) is 31.4 Å². The van der Waals surface area contributed by atoms with Crippen molar-refractivity contribution in [1.29, 1.82) is 0 Å². The van der Waals surface area contributed by atoms with Crippen molar-refractivity contribution < 1.29 is 23.4 Å². The molecular formula is C24H23NO5S. The number of carboxylic acid groups (broad SMARTS) is 1. The van der Waals surface area contributed by atoms with Crippen LogP contribution in [0.4, 0.5) is 0 Å². The lowest BCUT2D eigenvalue weighted by Crippen LogP contribution is -2.37. The van der Waals surface area contributed by atoms with Crippen LogP contribution in [-0.4, -0.2) is 30.6 Å². The zero-order valence-electron chi connectivity index (χ0n) is 16.7. The average molecular weight is 438 g/mol. The fraction of sp³-hybridized carbons (Fsp3) is 0.208. The van der Waals surface area contributed by atoms with E-state index in [0.717, 1.165) is 22.1 Å². The molecule has 0 radical (unpaired) electrons. The lowest BCUT2D eigenvalue weighted by Gasteiger charge is -2.26. The van der Waals surface area contributed by atoms with Gasteiger partial charge in [0, 0.05) is 11.4 Å². The summed E-state index contributed by atoms with van der Waals surface area (Å²) in [5.74, 6) is -1.30. The fourth-order valence-electron chi connectivity index (χ4n) is 4.12. The maximum atomic E-state index is 12.6. The molecule has 1 aliphatic carbocycles. The summed E-state index contributed by atoms with van der Waals surface area (Å²) >= 11 is 0. The van der Waals surface area contributed by atoms with Crippen molar-refractivity contribution >= 4 is 32.8 Å². The average Bonchev–Trinajstić information content (AvgIpc) is 2.77. The third-order valence-corrected chi connectivity index (χ3v) is 6.77. The number of aliphatic hydroxyl groups is 1. The van der Waals surface area contributed by atoms with E-state index in [1.165, 1.54) is 5.41 Å². The van der Waals surface area contributed by atoms with Crippen LogP contribution in [0.3, 0.4) is 0 Å². The van der Waals surface area contributed by atoms with Crippen LogP contribution >= 0.6 is 0 Å². The summed E-state index contributed by atoms with van der Waals surface area (Å²) in [5, 5.41) is 22.0. The molecule has 0 amide bonds. The molecule has 3 N–H and O–H groups in total. The van der Waals surface area contributed by atoms with Gasteiger partial charge in [0.15, 0.2) is 6.10 Å². The molecule has 0 heterocycles. The van der Waals surface area contributed by atoms with Gasteiger partial charge in [0.25, 0.3) is 0 Å². The van der Waals surface area contributed by atoms with Crippen molar-refractivity contribution in [3.8, 4) is 0 Å². The van der Waals surface area contributed by atoms with Gasteiger partial charge in [-0.2, -0.15) is 0 Å². The van der Waals surface area contributed by atoms with Gasteiger partial charge in [0.2, 0.25) is 10.0 Å². The first kappa shape index (κ1) is 21.2. The number of nitrogens with one attached hydrogen (secondary N) is 1. The largest absolute Gasteiger partial charge is 0.479 e. The van der Waals surface area contributed by atoms with Crippen LogP contribution in [0.2, 0.25) is 0 Å². The number of benzene rings is 3. The Bertz CT molecular complexity index is 1250. The highest BCUT2D eigenvalue weighted by atomic mass is 32.2. The van der Waals surface area contributed by atoms with Gasteiger partial charge in [-0.3, -0.25) is 0 Å². The molecule has 3 aromatic rings. The van der Waals surface area contributed by atoms with E-state index >= 15 is 0 Å². The number of carboxylic acids is 1. The monoisotopic (exact) mass is 437 g/mol. The number of hydrogen-bond acceptors (Lipinski definition) is 4. The van der Waals surface area contributed by atoms with Gasteiger partial charge in [-0.25, -0.2) is 17.9 Å². The lowest BCUT2D eigenvalue weighted by molar-refractivity contribution is -0.146. The zero-order chi connectivity index (χ0) is 22.0. The molecule has 7 heteroatoms. The van der Waals surface area contributed by atoms with Crippen LogP contribution in [-0.2, 0) is 27.7 Å². The molecule has 0 spiro atoms. The van der Waals surface area contributed by atoms with Crippen molar-refractivity contribution in [3.63, 3.8) is 0 Å². The van der Waals surface area contributed by atoms with E-state index in [9.17, 15) is 23.4 Å². The van der Waals surface area contributed by atoms with E-state index < -0.39 is 22.1 Å². The van der Waals surface area contributed by atoms with E-state index in [4.69, 9.17) is 0 Å². The molecule has 160 valence electrons. The Balaban J connectivity index is 1.60. The quantitative estimate of drug-likeness (QED) is 0.548. The second kappa shape index (κ2) is 8.63. The van der Waals surface area contributed by atoms with E-state index in [2.05, 4.69) is 4.72 Å². The van der Waals surface area contributed by atoms with Gasteiger partial charge in [-0.05, 0) is 58.4 Å². The minimum Gasteiger partial charge on any atom is -0.479 e. The van der Waals surface area contributed by atoms with E-state index in [-0.39, 0.29) is 6.04 Å². The van der Waals surface area contributed by atoms with Gasteiger partial charge < -0.3 is 10.2 Å². The molecule has 0 aromatic heterocycles. The highest BCUT2D eigenvalue weighted by Crippen LogP contribution is 2.33. The molecule has 0 fully saturated rings. The predicted molar refractivity (Wildman–Crippen MR) is 120 cm³/mol. The maximum absolute atomic E-state index is 12.6. The number of aliphatic carboxylic acids is 1. The Labute approximate surface area is 180 Å². The van der Waals surface area contributed by atoms with Gasteiger partial charge in [0.1, 0.15) is 0 Å². The molecule has 3 aromatic carbocycles. The number of aliphatic hydroxyl groups excluding tert-OH is 1. The van der Waals surface area contributed by atoms with E-state index in [1.807, 2.05) is 48.5 Å². The van der Waals surface area contributed by atoms with Gasteiger partial charge in [-0.1, -0.05) is 60.7 Å². The topological polar surface area (TPSA) is 104 Å². The van der Waals surface area contributed by atoms with E-state index in [1.54, 1.807) is 18.2 Å².